The molecule has 4 nitrogen and oxygen atoms in total. The van der Waals surface area contributed by atoms with Crippen LogP contribution in [0, 0.1) is 0 Å². The van der Waals surface area contributed by atoms with E-state index in [2.05, 4.69) is 10.6 Å². The lowest BCUT2D eigenvalue weighted by Gasteiger charge is -2.19. The van der Waals surface area contributed by atoms with E-state index in [1.165, 1.54) is 0 Å². The van der Waals surface area contributed by atoms with Gasteiger partial charge in [-0.15, -0.1) is 0 Å². The average Bonchev–Trinajstić information content (AvgIpc) is 2.73. The maximum absolute atomic E-state index is 13.3. The van der Waals surface area contributed by atoms with E-state index in [0.717, 1.165) is 16.8 Å². The number of rotatable bonds is 3. The van der Waals surface area contributed by atoms with E-state index in [0.29, 0.717) is 21.9 Å². The zero-order valence-electron chi connectivity index (χ0n) is 15.3. The van der Waals surface area contributed by atoms with Crippen molar-refractivity contribution in [2.75, 3.05) is 10.6 Å². The summed E-state index contributed by atoms with van der Waals surface area (Å²) in [7, 11) is 1.93. The molecule has 4 rings (SSSR count). The van der Waals surface area contributed by atoms with Crippen molar-refractivity contribution in [2.24, 2.45) is 7.05 Å². The third kappa shape index (κ3) is 3.40. The van der Waals surface area contributed by atoms with Crippen LogP contribution in [0.2, 0.25) is 0 Å². The molecular formula is C23H19N3OS. The third-order valence-electron chi connectivity index (χ3n) is 4.64. The number of hydrogen-bond acceptors (Lipinski definition) is 2. The predicted molar refractivity (Wildman–Crippen MR) is 121 cm³/mol. The lowest BCUT2D eigenvalue weighted by atomic mass is 10.0. The van der Waals surface area contributed by atoms with Gasteiger partial charge >= 0.3 is 0 Å². The molecule has 0 aliphatic carbocycles. The molecule has 0 fully saturated rings. The van der Waals surface area contributed by atoms with Crippen LogP contribution < -0.4 is 16.1 Å². The Morgan fingerprint density at radius 1 is 0.821 bits per heavy atom. The fraction of sp³-hybridized carbons (Fsp3) is 0.0435. The fourth-order valence-corrected chi connectivity index (χ4v) is 3.51. The number of anilines is 2. The second-order valence-corrected chi connectivity index (χ2v) is 6.85. The first-order valence-electron chi connectivity index (χ1n) is 8.95. The quantitative estimate of drug-likeness (QED) is 0.487. The molecule has 0 bridgehead atoms. The second kappa shape index (κ2) is 7.66. The molecule has 2 N–H and O–H groups in total. The monoisotopic (exact) mass is 385 g/mol. The largest absolute Gasteiger partial charge is 0.332 e. The summed E-state index contributed by atoms with van der Waals surface area (Å²) in [6.07, 6.45) is 0. The van der Waals surface area contributed by atoms with Crippen LogP contribution in [0.15, 0.2) is 89.7 Å². The zero-order valence-corrected chi connectivity index (χ0v) is 16.2. The van der Waals surface area contributed by atoms with Gasteiger partial charge in [0, 0.05) is 18.1 Å². The first kappa shape index (κ1) is 17.9. The van der Waals surface area contributed by atoms with Crippen molar-refractivity contribution >= 4 is 39.7 Å². The van der Waals surface area contributed by atoms with Crippen molar-refractivity contribution in [1.82, 2.24) is 4.57 Å². The van der Waals surface area contributed by atoms with Crippen LogP contribution in [0.4, 0.5) is 11.5 Å². The van der Waals surface area contributed by atoms with Crippen molar-refractivity contribution in [3.05, 3.63) is 95.2 Å². The van der Waals surface area contributed by atoms with Gasteiger partial charge in [-0.05, 0) is 42.0 Å². The van der Waals surface area contributed by atoms with Crippen LogP contribution >= 0.6 is 12.2 Å². The van der Waals surface area contributed by atoms with Crippen LogP contribution in [0.3, 0.4) is 0 Å². The molecule has 0 saturated heterocycles. The van der Waals surface area contributed by atoms with Gasteiger partial charge in [-0.2, -0.15) is 0 Å². The summed E-state index contributed by atoms with van der Waals surface area (Å²) in [5.74, 6) is 0.656. The molecule has 0 aliphatic rings. The summed E-state index contributed by atoms with van der Waals surface area (Å²) < 4.78 is 1.97. The molecule has 0 aliphatic heterocycles. The molecule has 4 aromatic rings. The highest BCUT2D eigenvalue weighted by atomic mass is 32.1. The second-order valence-electron chi connectivity index (χ2n) is 6.44. The third-order valence-corrected chi connectivity index (χ3v) is 4.84. The highest BCUT2D eigenvalue weighted by Gasteiger charge is 2.17. The molecule has 1 aromatic heterocycles. The van der Waals surface area contributed by atoms with Gasteiger partial charge in [0.05, 0.1) is 11.1 Å². The number of benzene rings is 3. The number of nitrogens with one attached hydrogen (secondary N) is 2. The lowest BCUT2D eigenvalue weighted by molar-refractivity contribution is 0.964. The fourth-order valence-electron chi connectivity index (χ4n) is 3.30. The molecule has 0 radical (unpaired) electrons. The molecule has 1 heterocycles. The first-order chi connectivity index (χ1) is 13.6. The van der Waals surface area contributed by atoms with Crippen molar-refractivity contribution in [3.63, 3.8) is 0 Å². The molecule has 28 heavy (non-hydrogen) atoms. The average molecular weight is 385 g/mol. The van der Waals surface area contributed by atoms with E-state index in [1.54, 1.807) is 0 Å². The predicted octanol–water partition coefficient (Wildman–Crippen LogP) is 5.01. The van der Waals surface area contributed by atoms with Gasteiger partial charge in [0.1, 0.15) is 5.82 Å². The van der Waals surface area contributed by atoms with Crippen LogP contribution in [0.1, 0.15) is 0 Å². The molecular weight excluding hydrogens is 366 g/mol. The minimum atomic E-state index is -0.0232. The van der Waals surface area contributed by atoms with Crippen LogP contribution in [0.5, 0.6) is 0 Å². The molecule has 3 aromatic carbocycles. The number of pyridine rings is 1. The number of aromatic nitrogens is 1. The van der Waals surface area contributed by atoms with Crippen molar-refractivity contribution in [1.29, 1.82) is 0 Å². The number of para-hydroxylation sites is 2. The summed E-state index contributed by atoms with van der Waals surface area (Å²) in [5.41, 5.74) is 3.15. The van der Waals surface area contributed by atoms with E-state index < -0.39 is 0 Å². The number of hydrogen-bond donors (Lipinski definition) is 2. The maximum atomic E-state index is 13.3. The van der Waals surface area contributed by atoms with Gasteiger partial charge in [-0.25, -0.2) is 0 Å². The Bertz CT molecular complexity index is 1200. The number of aryl methyl sites for hydroxylation is 1. The van der Waals surface area contributed by atoms with E-state index in [-0.39, 0.29) is 5.43 Å². The molecule has 0 unspecified atom stereocenters. The Balaban J connectivity index is 1.85. The summed E-state index contributed by atoms with van der Waals surface area (Å²) in [5, 5.41) is 7.51. The smallest absolute Gasteiger partial charge is 0.199 e. The van der Waals surface area contributed by atoms with Crippen LogP contribution in [-0.2, 0) is 7.05 Å². The van der Waals surface area contributed by atoms with Gasteiger partial charge in [-0.1, -0.05) is 60.7 Å². The maximum Gasteiger partial charge on any atom is 0.199 e. The van der Waals surface area contributed by atoms with Gasteiger partial charge in [0.15, 0.2) is 10.5 Å². The molecule has 0 saturated carbocycles. The van der Waals surface area contributed by atoms with Crippen molar-refractivity contribution < 1.29 is 0 Å². The van der Waals surface area contributed by atoms with Gasteiger partial charge < -0.3 is 15.2 Å². The topological polar surface area (TPSA) is 46.1 Å². The number of nitrogens with zero attached hydrogens (tertiary/aromatic N) is 1. The minimum absolute atomic E-state index is 0.0232. The molecule has 0 amide bonds. The van der Waals surface area contributed by atoms with Crippen molar-refractivity contribution in [2.45, 2.75) is 0 Å². The van der Waals surface area contributed by atoms with Crippen LogP contribution in [0.25, 0.3) is 22.0 Å². The SMILES string of the molecule is Cn1c(NC(=S)Nc2ccccc2)c(-c2ccccc2)c(=O)c2ccccc21. The number of fused-ring (bicyclic) bond motifs is 1. The van der Waals surface area contributed by atoms with E-state index in [9.17, 15) is 4.79 Å². The lowest BCUT2D eigenvalue weighted by Crippen LogP contribution is -2.24. The summed E-state index contributed by atoms with van der Waals surface area (Å²) >= 11 is 5.52. The highest BCUT2D eigenvalue weighted by Crippen LogP contribution is 2.28. The van der Waals surface area contributed by atoms with Crippen LogP contribution in [-0.4, -0.2) is 9.68 Å². The van der Waals surface area contributed by atoms with E-state index in [4.69, 9.17) is 12.2 Å². The Morgan fingerprint density at radius 2 is 1.43 bits per heavy atom. The Kier molecular flexibility index (Phi) is 4.91. The molecule has 0 spiro atoms. The summed E-state index contributed by atoms with van der Waals surface area (Å²) in [4.78, 5) is 13.3. The Labute approximate surface area is 168 Å². The molecule has 138 valence electrons. The number of thiocarbonyl (C=S) groups is 1. The normalized spacial score (nSPS) is 10.6. The van der Waals surface area contributed by atoms with Crippen molar-refractivity contribution in [3.8, 4) is 11.1 Å². The Hall–Kier alpha value is -3.44. The minimum Gasteiger partial charge on any atom is -0.332 e. The van der Waals surface area contributed by atoms with Gasteiger partial charge in [0.25, 0.3) is 0 Å². The molecule has 0 atom stereocenters. The van der Waals surface area contributed by atoms with E-state index >= 15 is 0 Å². The Morgan fingerprint density at radius 3 is 2.14 bits per heavy atom. The molecule has 5 heteroatoms. The summed E-state index contributed by atoms with van der Waals surface area (Å²) in [6.45, 7) is 0. The first-order valence-corrected chi connectivity index (χ1v) is 9.36. The zero-order chi connectivity index (χ0) is 19.5. The highest BCUT2D eigenvalue weighted by molar-refractivity contribution is 7.80. The van der Waals surface area contributed by atoms with E-state index in [1.807, 2.05) is 96.5 Å². The standard InChI is InChI=1S/C23H19N3OS/c1-26-19-15-9-8-14-18(19)21(27)20(16-10-4-2-5-11-16)22(26)25-23(28)24-17-12-6-3-7-13-17/h2-15H,1H3,(H2,24,25,28). The summed E-state index contributed by atoms with van der Waals surface area (Å²) in [6, 6.07) is 26.9. The van der Waals surface area contributed by atoms with Gasteiger partial charge in [0.2, 0.25) is 0 Å². The van der Waals surface area contributed by atoms with Gasteiger partial charge in [-0.3, -0.25) is 4.79 Å².